The van der Waals surface area contributed by atoms with Crippen molar-refractivity contribution in [3.8, 4) is 0 Å². The zero-order chi connectivity index (χ0) is 24.0. The number of hydrogen-bond acceptors (Lipinski definition) is 4. The molecule has 11 heteroatoms. The number of halogens is 3. The summed E-state index contributed by atoms with van der Waals surface area (Å²) in [6, 6.07) is 4.24. The third-order valence-electron chi connectivity index (χ3n) is 6.19. The summed E-state index contributed by atoms with van der Waals surface area (Å²) in [5.41, 5.74) is 2.49. The van der Waals surface area contributed by atoms with Gasteiger partial charge >= 0.3 is 6.03 Å². The fraction of sp³-hybridized carbons (Fsp3) is 0.455. The second-order valence-electron chi connectivity index (χ2n) is 8.45. The fourth-order valence-corrected chi connectivity index (χ4v) is 5.17. The maximum atomic E-state index is 15.4. The Bertz CT molecular complexity index is 1190. The van der Waals surface area contributed by atoms with Gasteiger partial charge in [0, 0.05) is 12.1 Å². The van der Waals surface area contributed by atoms with Crippen molar-refractivity contribution < 1.29 is 26.4 Å². The molecule has 4 rings (SSSR count). The molecule has 1 aromatic carbocycles. The van der Waals surface area contributed by atoms with Crippen LogP contribution in [-0.4, -0.2) is 54.6 Å². The van der Waals surface area contributed by atoms with Gasteiger partial charge in [0.25, 0.3) is 5.92 Å². The number of pyridine rings is 1. The molecule has 7 nitrogen and oxygen atoms in total. The van der Waals surface area contributed by atoms with Crippen molar-refractivity contribution in [3.63, 3.8) is 0 Å². The van der Waals surface area contributed by atoms with Crippen LogP contribution in [0, 0.1) is 12.7 Å². The van der Waals surface area contributed by atoms with Crippen LogP contribution in [-0.2, 0) is 29.4 Å². The van der Waals surface area contributed by atoms with Gasteiger partial charge in [-0.2, -0.15) is 0 Å². The van der Waals surface area contributed by atoms with Gasteiger partial charge in [-0.15, -0.1) is 0 Å². The topological polar surface area (TPSA) is 91.4 Å². The van der Waals surface area contributed by atoms with E-state index in [1.807, 2.05) is 17.7 Å². The number of nitrogens with zero attached hydrogens (tertiary/aromatic N) is 2. The molecule has 2 aliphatic heterocycles. The summed E-state index contributed by atoms with van der Waals surface area (Å²) in [7, 11) is -4.01. The van der Waals surface area contributed by atoms with Gasteiger partial charge in [-0.1, -0.05) is 24.3 Å². The minimum absolute atomic E-state index is 0.00761. The predicted octanol–water partition coefficient (Wildman–Crippen LogP) is 2.51. The Morgan fingerprint density at radius 2 is 1.97 bits per heavy atom. The highest BCUT2D eigenvalue weighted by Crippen LogP contribution is 2.35. The van der Waals surface area contributed by atoms with E-state index in [9.17, 15) is 22.0 Å². The van der Waals surface area contributed by atoms with Gasteiger partial charge in [0.2, 0.25) is 10.0 Å². The molecule has 2 atom stereocenters. The van der Waals surface area contributed by atoms with Crippen LogP contribution in [0.2, 0.25) is 0 Å². The minimum atomic E-state index is -4.01. The zero-order valence-corrected chi connectivity index (χ0v) is 19.1. The van der Waals surface area contributed by atoms with E-state index >= 15 is 4.39 Å². The molecule has 2 aliphatic rings. The SMILES string of the molecule is CCS(=O)(=O)N[C@@H]1[C@@H]2Cc3cccc(c3F)Cc3nc(ccc3C)CNC(=O)N2CC1(F)F. The van der Waals surface area contributed by atoms with E-state index in [1.165, 1.54) is 13.0 Å². The Morgan fingerprint density at radius 3 is 2.70 bits per heavy atom. The van der Waals surface area contributed by atoms with Gasteiger partial charge in [0.05, 0.1) is 30.6 Å². The molecule has 0 aliphatic carbocycles. The van der Waals surface area contributed by atoms with E-state index in [4.69, 9.17) is 0 Å². The van der Waals surface area contributed by atoms with Crippen LogP contribution in [0.25, 0.3) is 0 Å². The zero-order valence-electron chi connectivity index (χ0n) is 18.2. The highest BCUT2D eigenvalue weighted by Gasteiger charge is 2.57. The molecule has 0 spiro atoms. The molecule has 4 bridgehead atoms. The minimum Gasteiger partial charge on any atom is -0.332 e. The van der Waals surface area contributed by atoms with Crippen LogP contribution in [0.5, 0.6) is 0 Å². The summed E-state index contributed by atoms with van der Waals surface area (Å²) in [4.78, 5) is 18.3. The summed E-state index contributed by atoms with van der Waals surface area (Å²) in [5.74, 6) is -4.51. The number of amides is 2. The molecule has 0 unspecified atom stereocenters. The maximum absolute atomic E-state index is 15.4. The number of rotatable bonds is 3. The van der Waals surface area contributed by atoms with Gasteiger partial charge in [-0.25, -0.2) is 31.1 Å². The van der Waals surface area contributed by atoms with E-state index in [0.717, 1.165) is 10.5 Å². The number of fused-ring (bicyclic) bond motifs is 5. The summed E-state index contributed by atoms with van der Waals surface area (Å²) in [6.45, 7) is 2.18. The van der Waals surface area contributed by atoms with Gasteiger partial charge in [-0.3, -0.25) is 4.98 Å². The quantitative estimate of drug-likeness (QED) is 0.704. The van der Waals surface area contributed by atoms with Gasteiger partial charge in [-0.05, 0) is 43.0 Å². The summed E-state index contributed by atoms with van der Waals surface area (Å²) in [6.07, 6.45) is -0.0761. The third-order valence-corrected chi connectivity index (χ3v) is 7.57. The number of aromatic nitrogens is 1. The smallest absolute Gasteiger partial charge is 0.318 e. The first-order valence-electron chi connectivity index (χ1n) is 10.6. The van der Waals surface area contributed by atoms with E-state index in [0.29, 0.717) is 17.0 Å². The average Bonchev–Trinajstić information content (AvgIpc) is 3.00. The second-order valence-corrected chi connectivity index (χ2v) is 10.5. The molecule has 1 fully saturated rings. The molecule has 1 aromatic heterocycles. The number of aryl methyl sites for hydroxylation is 1. The molecule has 3 heterocycles. The van der Waals surface area contributed by atoms with Crippen molar-refractivity contribution >= 4 is 16.1 Å². The van der Waals surface area contributed by atoms with Crippen molar-refractivity contribution in [1.82, 2.24) is 19.9 Å². The number of sulfonamides is 1. The molecule has 0 saturated carbocycles. The molecule has 33 heavy (non-hydrogen) atoms. The van der Waals surface area contributed by atoms with Crippen LogP contribution in [0.15, 0.2) is 30.3 Å². The monoisotopic (exact) mass is 482 g/mol. The standard InChI is InChI=1S/C22H25F3N4O3S/c1-3-33(31,32)28-20-18-10-15-6-4-5-14(19(15)23)9-17-13(2)7-8-16(27-17)11-26-21(30)29(18)12-22(20,24)25/h4-8,18,20,28H,3,9-12H2,1-2H3,(H,26,30)/t18-,20+/m0/s1. The lowest BCUT2D eigenvalue weighted by atomic mass is 9.95. The number of benzene rings is 1. The lowest BCUT2D eigenvalue weighted by molar-refractivity contribution is -0.00456. The number of carbonyl (C=O) groups is 1. The molecule has 1 saturated heterocycles. The lowest BCUT2D eigenvalue weighted by Gasteiger charge is -2.28. The number of alkyl halides is 2. The maximum Gasteiger partial charge on any atom is 0.318 e. The Balaban J connectivity index is 1.81. The van der Waals surface area contributed by atoms with Crippen LogP contribution in [0.4, 0.5) is 18.0 Å². The first kappa shape index (κ1) is 23.5. The van der Waals surface area contributed by atoms with Crippen molar-refractivity contribution in [1.29, 1.82) is 0 Å². The van der Waals surface area contributed by atoms with E-state index in [1.54, 1.807) is 18.2 Å². The molecule has 2 aromatic rings. The normalized spacial score (nSPS) is 22.6. The van der Waals surface area contributed by atoms with E-state index in [-0.39, 0.29) is 24.9 Å². The molecule has 2 N–H and O–H groups in total. The second kappa shape index (κ2) is 8.60. The molecule has 2 amide bonds. The van der Waals surface area contributed by atoms with Crippen LogP contribution in [0.1, 0.15) is 35.0 Å². The van der Waals surface area contributed by atoms with Crippen molar-refractivity contribution in [2.24, 2.45) is 0 Å². The van der Waals surface area contributed by atoms with Crippen molar-refractivity contribution in [2.75, 3.05) is 12.3 Å². The lowest BCUT2D eigenvalue weighted by Crippen LogP contribution is -2.53. The Hall–Kier alpha value is -2.66. The number of hydrogen-bond donors (Lipinski definition) is 2. The summed E-state index contributed by atoms with van der Waals surface area (Å²) >= 11 is 0. The number of urea groups is 1. The van der Waals surface area contributed by atoms with Gasteiger partial charge in [0.15, 0.2) is 0 Å². The van der Waals surface area contributed by atoms with Crippen molar-refractivity contribution in [2.45, 2.75) is 51.2 Å². The Morgan fingerprint density at radius 1 is 1.24 bits per heavy atom. The Kier molecular flexibility index (Phi) is 6.12. The number of carbonyl (C=O) groups excluding carboxylic acids is 1. The van der Waals surface area contributed by atoms with Gasteiger partial charge in [0.1, 0.15) is 11.9 Å². The van der Waals surface area contributed by atoms with Crippen LogP contribution < -0.4 is 10.0 Å². The molecule has 178 valence electrons. The van der Waals surface area contributed by atoms with Crippen LogP contribution in [0.3, 0.4) is 0 Å². The molecular weight excluding hydrogens is 457 g/mol. The molecule has 0 radical (unpaired) electrons. The van der Waals surface area contributed by atoms with Gasteiger partial charge < -0.3 is 10.2 Å². The first-order valence-corrected chi connectivity index (χ1v) is 12.3. The first-order chi connectivity index (χ1) is 15.5. The molecular formula is C22H25F3N4O3S. The van der Waals surface area contributed by atoms with E-state index in [2.05, 4.69) is 10.3 Å². The van der Waals surface area contributed by atoms with E-state index < -0.39 is 52.2 Å². The average molecular weight is 483 g/mol. The van der Waals surface area contributed by atoms with Crippen LogP contribution >= 0.6 is 0 Å². The highest BCUT2D eigenvalue weighted by molar-refractivity contribution is 7.89. The summed E-state index contributed by atoms with van der Waals surface area (Å²) in [5, 5.41) is 2.60. The third kappa shape index (κ3) is 4.70. The summed E-state index contributed by atoms with van der Waals surface area (Å²) < 4.78 is 71.8. The van der Waals surface area contributed by atoms with Crippen molar-refractivity contribution in [3.05, 3.63) is 64.2 Å². The Labute approximate surface area is 190 Å². The largest absolute Gasteiger partial charge is 0.332 e. The number of nitrogens with one attached hydrogen (secondary N) is 2. The fourth-order valence-electron chi connectivity index (χ4n) is 4.29. The highest BCUT2D eigenvalue weighted by atomic mass is 32.2. The predicted molar refractivity (Wildman–Crippen MR) is 116 cm³/mol.